The van der Waals surface area contributed by atoms with Gasteiger partial charge in [0.2, 0.25) is 5.91 Å². The number of nitrogens with one attached hydrogen (secondary N) is 1. The molecule has 0 unspecified atom stereocenters. The fraction of sp³-hybridized carbons (Fsp3) is 0.435. The van der Waals surface area contributed by atoms with Crippen molar-refractivity contribution in [3.8, 4) is 0 Å². The zero-order chi connectivity index (χ0) is 16.8. The number of hydrogen-bond donors (Lipinski definition) is 1. The minimum atomic E-state index is 0.0803. The quantitative estimate of drug-likeness (QED) is 0.846. The number of hydrogen-bond acceptors (Lipinski definition) is 1. The molecule has 2 heteroatoms. The highest BCUT2D eigenvalue weighted by molar-refractivity contribution is 5.82. The van der Waals surface area contributed by atoms with Crippen LogP contribution in [-0.2, 0) is 4.79 Å². The lowest BCUT2D eigenvalue weighted by molar-refractivity contribution is -0.127. The molecule has 0 radical (unpaired) electrons. The van der Waals surface area contributed by atoms with E-state index < -0.39 is 0 Å². The van der Waals surface area contributed by atoms with Crippen LogP contribution in [0.5, 0.6) is 0 Å². The Morgan fingerprint density at radius 1 is 0.800 bits per heavy atom. The SMILES string of the molecule is O=C(NC1CCCCC1)[C@H]1CC2c3ccccc3C1c1ccccc12. The highest BCUT2D eigenvalue weighted by atomic mass is 16.2. The first kappa shape index (κ1) is 15.2. The van der Waals surface area contributed by atoms with Crippen LogP contribution in [0.4, 0.5) is 0 Å². The van der Waals surface area contributed by atoms with Crippen molar-refractivity contribution in [3.63, 3.8) is 0 Å². The lowest BCUT2D eigenvalue weighted by Crippen LogP contribution is -2.45. The van der Waals surface area contributed by atoms with Gasteiger partial charge in [-0.25, -0.2) is 0 Å². The molecule has 1 amide bonds. The Hall–Kier alpha value is -2.09. The molecule has 6 rings (SSSR count). The standard InChI is InChI=1S/C23H25NO/c25-23(24-15-8-2-1-3-9-15)21-14-20-16-10-4-6-12-18(16)22(21)19-13-7-5-11-17(19)20/h4-7,10-13,15,20-22H,1-3,8-9,14H2,(H,24,25)/t20?,21-,22?/m0/s1. The second-order valence-electron chi connectivity index (χ2n) is 7.97. The fourth-order valence-corrected chi connectivity index (χ4v) is 5.45. The van der Waals surface area contributed by atoms with Crippen LogP contribution in [0.2, 0.25) is 0 Å². The third-order valence-electron chi connectivity index (χ3n) is 6.59. The van der Waals surface area contributed by atoms with Crippen molar-refractivity contribution in [2.45, 2.75) is 56.4 Å². The summed E-state index contributed by atoms with van der Waals surface area (Å²) in [7, 11) is 0. The Balaban J connectivity index is 1.50. The Labute approximate surface area is 149 Å². The molecule has 1 N–H and O–H groups in total. The van der Waals surface area contributed by atoms with Crippen LogP contribution in [0, 0.1) is 5.92 Å². The van der Waals surface area contributed by atoms with Gasteiger partial charge < -0.3 is 5.32 Å². The van der Waals surface area contributed by atoms with E-state index in [4.69, 9.17) is 0 Å². The van der Waals surface area contributed by atoms with Crippen molar-refractivity contribution in [1.82, 2.24) is 5.32 Å². The van der Waals surface area contributed by atoms with Crippen LogP contribution in [-0.4, -0.2) is 11.9 Å². The third-order valence-corrected chi connectivity index (χ3v) is 6.59. The van der Waals surface area contributed by atoms with Gasteiger partial charge in [-0.2, -0.15) is 0 Å². The molecule has 25 heavy (non-hydrogen) atoms. The van der Waals surface area contributed by atoms with Crippen LogP contribution >= 0.6 is 0 Å². The fourth-order valence-electron chi connectivity index (χ4n) is 5.45. The van der Waals surface area contributed by atoms with Crippen LogP contribution in [0.15, 0.2) is 48.5 Å². The molecule has 2 aromatic carbocycles. The minimum absolute atomic E-state index is 0.0803. The first-order chi connectivity index (χ1) is 12.3. The van der Waals surface area contributed by atoms with Gasteiger partial charge in [0.25, 0.3) is 0 Å². The summed E-state index contributed by atoms with van der Waals surface area (Å²) in [5.74, 6) is 0.961. The Kier molecular flexibility index (Phi) is 3.65. The lowest BCUT2D eigenvalue weighted by atomic mass is 9.59. The molecule has 1 atom stereocenters. The number of carbonyl (C=O) groups excluding carboxylic acids is 1. The molecule has 2 bridgehead atoms. The maximum Gasteiger partial charge on any atom is 0.224 e. The maximum absolute atomic E-state index is 13.2. The van der Waals surface area contributed by atoms with Crippen molar-refractivity contribution in [1.29, 1.82) is 0 Å². The summed E-state index contributed by atoms with van der Waals surface area (Å²) in [5.41, 5.74) is 5.63. The number of rotatable bonds is 2. The molecule has 1 saturated carbocycles. The molecule has 0 spiro atoms. The van der Waals surface area contributed by atoms with E-state index in [1.165, 1.54) is 41.5 Å². The molecule has 4 aliphatic rings. The van der Waals surface area contributed by atoms with Crippen molar-refractivity contribution in [2.75, 3.05) is 0 Å². The van der Waals surface area contributed by atoms with Gasteiger partial charge in [-0.15, -0.1) is 0 Å². The van der Waals surface area contributed by atoms with Gasteiger partial charge in [0.15, 0.2) is 0 Å². The highest BCUT2D eigenvalue weighted by Crippen LogP contribution is 2.55. The van der Waals surface area contributed by atoms with Crippen molar-refractivity contribution >= 4 is 5.91 Å². The summed E-state index contributed by atoms with van der Waals surface area (Å²) >= 11 is 0. The van der Waals surface area contributed by atoms with E-state index in [-0.39, 0.29) is 17.7 Å². The number of amides is 1. The topological polar surface area (TPSA) is 29.1 Å². The summed E-state index contributed by atoms with van der Waals surface area (Å²) in [6.45, 7) is 0. The van der Waals surface area contributed by atoms with E-state index in [0.717, 1.165) is 19.3 Å². The van der Waals surface area contributed by atoms with Crippen LogP contribution < -0.4 is 5.32 Å². The van der Waals surface area contributed by atoms with E-state index in [9.17, 15) is 4.79 Å². The lowest BCUT2D eigenvalue weighted by Gasteiger charge is -2.45. The van der Waals surface area contributed by atoms with Gasteiger partial charge in [-0.05, 0) is 41.5 Å². The van der Waals surface area contributed by atoms with E-state index in [0.29, 0.717) is 12.0 Å². The van der Waals surface area contributed by atoms with Gasteiger partial charge in [0.1, 0.15) is 0 Å². The normalized spacial score (nSPS) is 27.4. The average molecular weight is 331 g/mol. The number of fused-ring (bicyclic) bond motifs is 1. The molecule has 0 saturated heterocycles. The van der Waals surface area contributed by atoms with Gasteiger partial charge in [-0.3, -0.25) is 4.79 Å². The predicted octanol–water partition coefficient (Wildman–Crippen LogP) is 4.73. The zero-order valence-electron chi connectivity index (χ0n) is 14.6. The first-order valence-electron chi connectivity index (χ1n) is 9.81. The van der Waals surface area contributed by atoms with E-state index in [1.54, 1.807) is 0 Å². The predicted molar refractivity (Wildman–Crippen MR) is 99.7 cm³/mol. The highest BCUT2D eigenvalue weighted by Gasteiger charge is 2.46. The maximum atomic E-state index is 13.2. The summed E-state index contributed by atoms with van der Waals surface area (Å²) in [6.07, 6.45) is 7.10. The second-order valence-corrected chi connectivity index (χ2v) is 7.97. The number of carbonyl (C=O) groups is 1. The van der Waals surface area contributed by atoms with Gasteiger partial charge >= 0.3 is 0 Å². The molecule has 2 nitrogen and oxygen atoms in total. The van der Waals surface area contributed by atoms with E-state index in [1.807, 2.05) is 0 Å². The van der Waals surface area contributed by atoms with Crippen molar-refractivity contribution < 1.29 is 4.79 Å². The molecular weight excluding hydrogens is 306 g/mol. The number of benzene rings is 2. The molecule has 4 aliphatic carbocycles. The Morgan fingerprint density at radius 2 is 1.36 bits per heavy atom. The van der Waals surface area contributed by atoms with E-state index >= 15 is 0 Å². The summed E-state index contributed by atoms with van der Waals surface area (Å²) < 4.78 is 0. The molecule has 1 fully saturated rings. The van der Waals surface area contributed by atoms with Crippen LogP contribution in [0.1, 0.15) is 72.6 Å². The second kappa shape index (κ2) is 6.01. The first-order valence-corrected chi connectivity index (χ1v) is 9.81. The average Bonchev–Trinajstić information content (AvgIpc) is 2.69. The molecule has 128 valence electrons. The largest absolute Gasteiger partial charge is 0.353 e. The summed E-state index contributed by atoms with van der Waals surface area (Å²) in [5, 5.41) is 3.40. The van der Waals surface area contributed by atoms with Gasteiger partial charge in [0, 0.05) is 23.8 Å². The van der Waals surface area contributed by atoms with E-state index in [2.05, 4.69) is 53.8 Å². The Morgan fingerprint density at radius 3 is 1.96 bits per heavy atom. The Bertz CT molecular complexity index is 758. The monoisotopic (exact) mass is 331 g/mol. The molecule has 0 aromatic heterocycles. The minimum Gasteiger partial charge on any atom is -0.353 e. The van der Waals surface area contributed by atoms with Crippen molar-refractivity contribution in [2.24, 2.45) is 5.92 Å². The van der Waals surface area contributed by atoms with Crippen LogP contribution in [0.3, 0.4) is 0 Å². The zero-order valence-corrected chi connectivity index (χ0v) is 14.6. The summed E-state index contributed by atoms with van der Waals surface area (Å²) in [4.78, 5) is 13.2. The van der Waals surface area contributed by atoms with Crippen LogP contribution in [0.25, 0.3) is 0 Å². The van der Waals surface area contributed by atoms with Crippen molar-refractivity contribution in [3.05, 3.63) is 70.8 Å². The molecular formula is C23H25NO. The third kappa shape index (κ3) is 2.42. The van der Waals surface area contributed by atoms with Gasteiger partial charge in [0.05, 0.1) is 0 Å². The molecule has 0 aliphatic heterocycles. The van der Waals surface area contributed by atoms with Gasteiger partial charge in [-0.1, -0.05) is 67.8 Å². The summed E-state index contributed by atoms with van der Waals surface area (Å²) in [6, 6.07) is 17.9. The molecule has 0 heterocycles. The molecule has 2 aromatic rings. The smallest absolute Gasteiger partial charge is 0.224 e.